The lowest BCUT2D eigenvalue weighted by Gasteiger charge is -2.47. The molecule has 0 spiro atoms. The van der Waals surface area contributed by atoms with Crippen molar-refractivity contribution in [2.75, 3.05) is 84.4 Å². The van der Waals surface area contributed by atoms with E-state index in [1.54, 1.807) is 0 Å². The van der Waals surface area contributed by atoms with Crippen molar-refractivity contribution in [2.24, 2.45) is 0 Å². The highest BCUT2D eigenvalue weighted by molar-refractivity contribution is 8.01. The van der Waals surface area contributed by atoms with Gasteiger partial charge in [-0.2, -0.15) is 0 Å². The van der Waals surface area contributed by atoms with E-state index in [-0.39, 0.29) is 44.3 Å². The molecule has 0 aromatic heterocycles. The number of hydrogen-bond donors (Lipinski definition) is 8. The van der Waals surface area contributed by atoms with Gasteiger partial charge in [-0.15, -0.1) is 11.8 Å². The van der Waals surface area contributed by atoms with Crippen LogP contribution in [0.1, 0.15) is 13.3 Å². The van der Waals surface area contributed by atoms with Crippen molar-refractivity contribution < 1.29 is 53.8 Å². The molecule has 18 heteroatoms. The van der Waals surface area contributed by atoms with Gasteiger partial charge in [0.25, 0.3) is 0 Å². The van der Waals surface area contributed by atoms with E-state index in [4.69, 9.17) is 18.9 Å². The molecule has 11 atom stereocenters. The lowest BCUT2D eigenvalue weighted by molar-refractivity contribution is -0.283. The molecular weight excluding hydrogens is 640 g/mol. The number of thioether (sulfide) groups is 1. The number of carbonyl (C=O) groups excluding carboxylic acids is 3. The van der Waals surface area contributed by atoms with Crippen molar-refractivity contribution in [2.45, 2.75) is 78.9 Å². The topological polar surface area (TPSA) is 224 Å². The zero-order valence-electron chi connectivity index (χ0n) is 26.5. The number of fused-ring (bicyclic) bond motifs is 4. The number of amides is 2. The van der Waals surface area contributed by atoms with Crippen molar-refractivity contribution >= 4 is 29.4 Å². The van der Waals surface area contributed by atoms with Crippen LogP contribution in [0.25, 0.3) is 0 Å². The van der Waals surface area contributed by atoms with Gasteiger partial charge in [0.15, 0.2) is 6.29 Å². The minimum atomic E-state index is -1.63. The molecule has 6 aliphatic heterocycles. The van der Waals surface area contributed by atoms with Crippen LogP contribution >= 0.6 is 11.8 Å². The summed E-state index contributed by atoms with van der Waals surface area (Å²) in [5.41, 5.74) is -1.38. The van der Waals surface area contributed by atoms with Gasteiger partial charge >= 0.3 is 0 Å². The molecular formula is C29H48N6O11S. The first-order valence-electron chi connectivity index (χ1n) is 16.4. The number of aliphatic hydroxyl groups excluding tert-OH is 4. The van der Waals surface area contributed by atoms with E-state index in [2.05, 4.69) is 26.2 Å². The van der Waals surface area contributed by atoms with Gasteiger partial charge in [-0.1, -0.05) is 0 Å². The van der Waals surface area contributed by atoms with Crippen LogP contribution in [0.3, 0.4) is 0 Å². The Morgan fingerprint density at radius 1 is 0.894 bits per heavy atom. The van der Waals surface area contributed by atoms with Crippen molar-refractivity contribution in [3.63, 3.8) is 0 Å². The number of nitrogens with one attached hydrogen (secondary N) is 4. The molecule has 6 saturated heterocycles. The highest BCUT2D eigenvalue weighted by Gasteiger charge is 2.62. The van der Waals surface area contributed by atoms with E-state index in [9.17, 15) is 34.8 Å². The maximum atomic E-state index is 13.4. The van der Waals surface area contributed by atoms with Gasteiger partial charge in [-0.25, -0.2) is 0 Å². The smallest absolute Gasteiger partial charge is 0.233 e. The Kier molecular flexibility index (Phi) is 11.1. The number of hydrogen-bond acceptors (Lipinski definition) is 16. The Bertz CT molecular complexity index is 1150. The average Bonchev–Trinajstić information content (AvgIpc) is 3.66. The number of carbonyl (C=O) groups is 3. The molecule has 2 amide bonds. The summed E-state index contributed by atoms with van der Waals surface area (Å²) < 4.78 is 23.9. The molecule has 266 valence electrons. The van der Waals surface area contributed by atoms with Crippen LogP contribution in [-0.2, 0) is 33.3 Å². The van der Waals surface area contributed by atoms with Gasteiger partial charge < -0.3 is 60.6 Å². The van der Waals surface area contributed by atoms with Crippen LogP contribution in [0, 0.1) is 0 Å². The Morgan fingerprint density at radius 2 is 1.53 bits per heavy atom. The Balaban J connectivity index is 1.04. The molecule has 0 aromatic rings. The van der Waals surface area contributed by atoms with Gasteiger partial charge in [-0.05, 0) is 6.92 Å². The first-order chi connectivity index (χ1) is 22.5. The average molecular weight is 689 g/mol. The summed E-state index contributed by atoms with van der Waals surface area (Å²) in [6.07, 6.45) is -6.67. The molecule has 6 rings (SSSR count). The minimum Gasteiger partial charge on any atom is -0.388 e. The van der Waals surface area contributed by atoms with E-state index in [1.165, 1.54) is 6.92 Å². The molecule has 6 heterocycles. The second kappa shape index (κ2) is 14.8. The van der Waals surface area contributed by atoms with Crippen LogP contribution in [-0.4, -0.2) is 198 Å². The zero-order chi connectivity index (χ0) is 33.3. The molecule has 0 aromatic carbocycles. The van der Waals surface area contributed by atoms with Crippen LogP contribution in [0.4, 0.5) is 0 Å². The number of piperazine rings is 2. The number of rotatable bonds is 12. The van der Waals surface area contributed by atoms with E-state index in [1.807, 2.05) is 4.90 Å². The SMILES string of the molecule is CC(=O)CSC(CC(=O)NC[C@@]12OC[C@@H](O1)[C@H](N1CCNCC1)[C@@H](O)[C@H]2O)C(=O)NC[C@@]12CO[C@@H](O1)[C@H](N1CCNCC1)[C@@H](O)[C@H]2O. The van der Waals surface area contributed by atoms with Gasteiger partial charge in [0.2, 0.25) is 17.6 Å². The summed E-state index contributed by atoms with van der Waals surface area (Å²) in [6, 6.07) is -1.00. The summed E-state index contributed by atoms with van der Waals surface area (Å²) in [6.45, 7) is 6.74. The summed E-state index contributed by atoms with van der Waals surface area (Å²) in [5, 5.41) is 55.2. The van der Waals surface area contributed by atoms with Crippen molar-refractivity contribution in [3.05, 3.63) is 0 Å². The molecule has 17 nitrogen and oxygen atoms in total. The number of ketones is 1. The third-order valence-electron chi connectivity index (χ3n) is 10.1. The summed E-state index contributed by atoms with van der Waals surface area (Å²) in [5.74, 6) is -2.93. The maximum Gasteiger partial charge on any atom is 0.233 e. The first kappa shape index (κ1) is 35.3. The highest BCUT2D eigenvalue weighted by Crippen LogP contribution is 2.40. The monoisotopic (exact) mass is 688 g/mol. The van der Waals surface area contributed by atoms with Crippen molar-refractivity contribution in [3.8, 4) is 0 Å². The van der Waals surface area contributed by atoms with E-state index in [0.717, 1.165) is 37.9 Å². The quantitative estimate of drug-likeness (QED) is 0.0958. The van der Waals surface area contributed by atoms with E-state index < -0.39 is 77.3 Å². The largest absolute Gasteiger partial charge is 0.388 e. The molecule has 0 saturated carbocycles. The molecule has 0 radical (unpaired) electrons. The van der Waals surface area contributed by atoms with Crippen molar-refractivity contribution in [1.82, 2.24) is 31.1 Å². The maximum absolute atomic E-state index is 13.4. The second-order valence-corrected chi connectivity index (χ2v) is 14.5. The third-order valence-corrected chi connectivity index (χ3v) is 11.4. The highest BCUT2D eigenvalue weighted by atomic mass is 32.2. The number of aliphatic hydroxyl groups is 4. The molecule has 47 heavy (non-hydrogen) atoms. The third kappa shape index (κ3) is 7.21. The lowest BCUT2D eigenvalue weighted by atomic mass is 9.87. The standard InChI is InChI=1S/C29H48N6O11S/c1-16(36)12-47-18(26(42)33-13-28-15-43-27(46-28)21(23(39)24(28)40)35-8-4-31-5-9-35)10-19(37)32-14-29-25(41)22(38)20(17(45-29)11-44-29)34-6-2-30-3-7-34/h17-18,20-25,27,30-31,38-41H,2-15H2,1H3,(H,32,37)(H,33,42)/t17-,18?,20+,21-,22-,23-,24-,25-,27+,28+,29-/m1/s1. The molecule has 6 aliphatic rings. The Labute approximate surface area is 277 Å². The summed E-state index contributed by atoms with van der Waals surface area (Å²) in [4.78, 5) is 42.4. The lowest BCUT2D eigenvalue weighted by Crippen LogP contribution is -2.69. The first-order valence-corrected chi connectivity index (χ1v) is 17.5. The van der Waals surface area contributed by atoms with Gasteiger partial charge in [-0.3, -0.25) is 24.2 Å². The molecule has 4 bridgehead atoms. The summed E-state index contributed by atoms with van der Waals surface area (Å²) >= 11 is 1.00. The predicted octanol–water partition coefficient (Wildman–Crippen LogP) is -5.46. The number of Topliss-reactive ketones (excluding diaryl/α,β-unsaturated/α-hetero) is 1. The Morgan fingerprint density at radius 3 is 2.19 bits per heavy atom. The normalized spacial score (nSPS) is 41.4. The fourth-order valence-corrected chi connectivity index (χ4v) is 8.43. The van der Waals surface area contributed by atoms with Gasteiger partial charge in [0.05, 0.1) is 49.4 Å². The zero-order valence-corrected chi connectivity index (χ0v) is 27.4. The van der Waals surface area contributed by atoms with Crippen LogP contribution in [0.5, 0.6) is 0 Å². The van der Waals surface area contributed by atoms with Gasteiger partial charge in [0, 0.05) is 58.8 Å². The molecule has 6 fully saturated rings. The second-order valence-electron chi connectivity index (χ2n) is 13.3. The van der Waals surface area contributed by atoms with E-state index >= 15 is 0 Å². The Hall–Kier alpha value is -1.52. The minimum absolute atomic E-state index is 0.0118. The number of ether oxygens (including phenoxy) is 4. The fraction of sp³-hybridized carbons (Fsp3) is 0.897. The van der Waals surface area contributed by atoms with Gasteiger partial charge in [0.1, 0.15) is 41.9 Å². The predicted molar refractivity (Wildman–Crippen MR) is 165 cm³/mol. The van der Waals surface area contributed by atoms with E-state index in [0.29, 0.717) is 26.2 Å². The molecule has 8 N–H and O–H groups in total. The fourth-order valence-electron chi connectivity index (χ4n) is 7.50. The van der Waals surface area contributed by atoms with Crippen LogP contribution in [0.15, 0.2) is 0 Å². The molecule has 0 aliphatic carbocycles. The molecule has 1 unspecified atom stereocenters. The number of nitrogens with zero attached hydrogens (tertiary/aromatic N) is 2. The van der Waals surface area contributed by atoms with Crippen molar-refractivity contribution in [1.29, 1.82) is 0 Å². The summed E-state index contributed by atoms with van der Waals surface area (Å²) in [7, 11) is 0. The van der Waals surface area contributed by atoms with Crippen LogP contribution in [0.2, 0.25) is 0 Å². The van der Waals surface area contributed by atoms with Crippen LogP contribution < -0.4 is 21.3 Å².